The Balaban J connectivity index is 4.21. The van der Waals surface area contributed by atoms with Gasteiger partial charge in [0.2, 0.25) is 0 Å². The molecule has 0 aliphatic carbocycles. The van der Waals surface area contributed by atoms with E-state index in [-0.39, 0.29) is 30.6 Å². The summed E-state index contributed by atoms with van der Waals surface area (Å²) in [5, 5.41) is 12.4. The molecule has 0 rings (SSSR count). The number of hydrogen-bond acceptors (Lipinski definition) is 4. The molecule has 0 fully saturated rings. The molecular formula is C11H23NO3. The molecule has 0 saturated carbocycles. The van der Waals surface area contributed by atoms with Crippen LogP contribution in [0.1, 0.15) is 27.7 Å². The summed E-state index contributed by atoms with van der Waals surface area (Å²) in [5.74, 6) is -0.0967. The van der Waals surface area contributed by atoms with Gasteiger partial charge in [-0.05, 0) is 12.8 Å². The van der Waals surface area contributed by atoms with Crippen molar-refractivity contribution in [2.24, 2.45) is 11.8 Å². The first-order valence-electron chi connectivity index (χ1n) is 5.38. The topological polar surface area (TPSA) is 58.6 Å². The first-order valence-corrected chi connectivity index (χ1v) is 5.38. The predicted molar refractivity (Wildman–Crippen MR) is 59.5 cm³/mol. The molecule has 4 nitrogen and oxygen atoms in total. The molecule has 0 aromatic carbocycles. The maximum absolute atomic E-state index is 11.3. The van der Waals surface area contributed by atoms with Gasteiger partial charge in [-0.1, -0.05) is 20.8 Å². The molecule has 2 unspecified atom stereocenters. The van der Waals surface area contributed by atoms with Gasteiger partial charge < -0.3 is 15.2 Å². The van der Waals surface area contributed by atoms with Crippen LogP contribution in [0.5, 0.6) is 0 Å². The number of aliphatic hydroxyl groups excluding tert-OH is 1. The van der Waals surface area contributed by atoms with Gasteiger partial charge in [0.15, 0.2) is 0 Å². The lowest BCUT2D eigenvalue weighted by molar-refractivity contribution is -0.145. The Morgan fingerprint density at radius 1 is 1.33 bits per heavy atom. The maximum atomic E-state index is 11.3. The number of aliphatic hydroxyl groups is 1. The molecule has 15 heavy (non-hydrogen) atoms. The third kappa shape index (κ3) is 4.62. The third-order valence-electron chi connectivity index (χ3n) is 2.80. The number of hydrogen-bond donors (Lipinski definition) is 2. The summed E-state index contributed by atoms with van der Waals surface area (Å²) in [4.78, 5) is 11.3. The van der Waals surface area contributed by atoms with Crippen LogP contribution in [0.15, 0.2) is 0 Å². The number of esters is 1. The number of carbonyl (C=O) groups excluding carboxylic acids is 1. The van der Waals surface area contributed by atoms with Crippen LogP contribution in [0.3, 0.4) is 0 Å². The fourth-order valence-electron chi connectivity index (χ4n) is 1.33. The van der Waals surface area contributed by atoms with Crippen LogP contribution in [0.2, 0.25) is 0 Å². The number of ether oxygens (including phenoxy) is 1. The molecule has 2 N–H and O–H groups in total. The number of nitrogens with one attached hydrogen (secondary N) is 1. The van der Waals surface area contributed by atoms with Crippen LogP contribution < -0.4 is 5.32 Å². The Labute approximate surface area is 92.0 Å². The molecule has 0 aromatic heterocycles. The van der Waals surface area contributed by atoms with Gasteiger partial charge in [-0.25, -0.2) is 0 Å². The van der Waals surface area contributed by atoms with E-state index < -0.39 is 0 Å². The van der Waals surface area contributed by atoms with E-state index in [0.29, 0.717) is 5.92 Å². The largest absolute Gasteiger partial charge is 0.469 e. The fraction of sp³-hybridized carbons (Fsp3) is 0.909. The highest BCUT2D eigenvalue weighted by atomic mass is 16.5. The van der Waals surface area contributed by atoms with E-state index in [2.05, 4.69) is 10.1 Å². The van der Waals surface area contributed by atoms with Crippen LogP contribution in [-0.2, 0) is 9.53 Å². The van der Waals surface area contributed by atoms with E-state index in [1.807, 2.05) is 27.7 Å². The van der Waals surface area contributed by atoms with Gasteiger partial charge in [0.25, 0.3) is 0 Å². The fourth-order valence-corrected chi connectivity index (χ4v) is 1.33. The highest BCUT2D eigenvalue weighted by Crippen LogP contribution is 2.08. The zero-order valence-electron chi connectivity index (χ0n) is 10.3. The molecule has 0 saturated heterocycles. The summed E-state index contributed by atoms with van der Waals surface area (Å²) in [6.45, 7) is 7.88. The van der Waals surface area contributed by atoms with Crippen molar-refractivity contribution in [1.82, 2.24) is 5.32 Å². The van der Waals surface area contributed by atoms with Crippen LogP contribution in [0, 0.1) is 11.8 Å². The van der Waals surface area contributed by atoms with Crippen molar-refractivity contribution in [3.05, 3.63) is 0 Å². The minimum atomic E-state index is -0.226. The van der Waals surface area contributed by atoms with Crippen molar-refractivity contribution in [3.63, 3.8) is 0 Å². The minimum absolute atomic E-state index is 0.00278. The van der Waals surface area contributed by atoms with Crippen molar-refractivity contribution in [1.29, 1.82) is 0 Å². The molecule has 0 bridgehead atoms. The van der Waals surface area contributed by atoms with Crippen LogP contribution >= 0.6 is 0 Å². The minimum Gasteiger partial charge on any atom is -0.469 e. The highest BCUT2D eigenvalue weighted by Gasteiger charge is 2.24. The second-order valence-electron chi connectivity index (χ2n) is 4.30. The second-order valence-corrected chi connectivity index (χ2v) is 4.30. The van der Waals surface area contributed by atoms with Gasteiger partial charge in [0.1, 0.15) is 0 Å². The van der Waals surface area contributed by atoms with E-state index in [1.165, 1.54) is 7.11 Å². The third-order valence-corrected chi connectivity index (χ3v) is 2.80. The lowest BCUT2D eigenvalue weighted by Crippen LogP contribution is -2.46. The molecule has 0 aromatic rings. The van der Waals surface area contributed by atoms with Gasteiger partial charge in [0, 0.05) is 12.1 Å². The van der Waals surface area contributed by atoms with E-state index in [0.717, 1.165) is 0 Å². The lowest BCUT2D eigenvalue weighted by Gasteiger charge is -2.27. The molecule has 0 spiro atoms. The Morgan fingerprint density at radius 3 is 2.20 bits per heavy atom. The molecule has 3 atom stereocenters. The van der Waals surface area contributed by atoms with Gasteiger partial charge >= 0.3 is 5.97 Å². The van der Waals surface area contributed by atoms with Gasteiger partial charge in [0.05, 0.1) is 19.6 Å². The average molecular weight is 217 g/mol. The van der Waals surface area contributed by atoms with Crippen molar-refractivity contribution in [3.8, 4) is 0 Å². The Morgan fingerprint density at radius 2 is 1.87 bits per heavy atom. The lowest BCUT2D eigenvalue weighted by atomic mass is 9.99. The van der Waals surface area contributed by atoms with E-state index >= 15 is 0 Å². The Hall–Kier alpha value is -0.610. The van der Waals surface area contributed by atoms with Crippen molar-refractivity contribution >= 4 is 5.97 Å². The zero-order valence-corrected chi connectivity index (χ0v) is 10.3. The molecule has 0 aliphatic rings. The normalized spacial score (nSPS) is 17.3. The number of methoxy groups -OCH3 is 1. The summed E-state index contributed by atoms with van der Waals surface area (Å²) in [6, 6.07) is 0.0177. The van der Waals surface area contributed by atoms with E-state index in [1.54, 1.807) is 0 Å². The van der Waals surface area contributed by atoms with E-state index in [4.69, 9.17) is 5.11 Å². The summed E-state index contributed by atoms with van der Waals surface area (Å²) in [7, 11) is 1.39. The SMILES string of the molecule is COC(=O)C(C)C(C)N[C@H](CO)C(C)C. The zero-order chi connectivity index (χ0) is 12.0. The van der Waals surface area contributed by atoms with E-state index in [9.17, 15) is 4.79 Å². The smallest absolute Gasteiger partial charge is 0.309 e. The molecular weight excluding hydrogens is 194 g/mol. The molecule has 0 heterocycles. The average Bonchev–Trinajstić information content (AvgIpc) is 2.22. The van der Waals surface area contributed by atoms with Gasteiger partial charge in [-0.3, -0.25) is 4.79 Å². The highest BCUT2D eigenvalue weighted by molar-refractivity contribution is 5.72. The van der Waals surface area contributed by atoms with Crippen LogP contribution in [-0.4, -0.2) is 36.9 Å². The van der Waals surface area contributed by atoms with Crippen molar-refractivity contribution in [2.45, 2.75) is 39.8 Å². The maximum Gasteiger partial charge on any atom is 0.309 e. The van der Waals surface area contributed by atoms with Gasteiger partial charge in [-0.15, -0.1) is 0 Å². The molecule has 0 aliphatic heterocycles. The molecule has 4 heteroatoms. The number of carbonyl (C=O) groups is 1. The first-order chi connectivity index (χ1) is 6.93. The Bertz CT molecular complexity index is 194. The summed E-state index contributed by atoms with van der Waals surface area (Å²) in [6.07, 6.45) is 0. The van der Waals surface area contributed by atoms with Crippen molar-refractivity contribution in [2.75, 3.05) is 13.7 Å². The second kappa shape index (κ2) is 6.80. The molecule has 90 valence electrons. The van der Waals surface area contributed by atoms with Crippen LogP contribution in [0.25, 0.3) is 0 Å². The monoisotopic (exact) mass is 217 g/mol. The summed E-state index contributed by atoms with van der Waals surface area (Å²) in [5.41, 5.74) is 0. The number of rotatable bonds is 6. The molecule has 0 amide bonds. The Kier molecular flexibility index (Phi) is 6.52. The van der Waals surface area contributed by atoms with Crippen LogP contribution in [0.4, 0.5) is 0 Å². The quantitative estimate of drug-likeness (QED) is 0.646. The molecule has 0 radical (unpaired) electrons. The standard InChI is InChI=1S/C11H23NO3/c1-7(2)10(6-13)12-9(4)8(3)11(14)15-5/h7-10,12-13H,6H2,1-5H3/t8?,9?,10-/m1/s1. The summed E-state index contributed by atoms with van der Waals surface area (Å²) < 4.78 is 4.67. The van der Waals surface area contributed by atoms with Gasteiger partial charge in [-0.2, -0.15) is 0 Å². The van der Waals surface area contributed by atoms with Crippen molar-refractivity contribution < 1.29 is 14.6 Å². The summed E-state index contributed by atoms with van der Waals surface area (Å²) >= 11 is 0. The first kappa shape index (κ1) is 14.4. The predicted octanol–water partition coefficient (Wildman–Crippen LogP) is 0.790.